The van der Waals surface area contributed by atoms with Crippen LogP contribution in [0.15, 0.2) is 18.2 Å². The number of phenols is 2. The fraction of sp³-hybridized carbons (Fsp3) is 0.222. The molecule has 1 rings (SSSR count). The minimum Gasteiger partial charge on any atom is -0.504 e. The first-order valence-electron chi connectivity index (χ1n) is 3.68. The quantitative estimate of drug-likeness (QED) is 0.524. The zero-order valence-corrected chi connectivity index (χ0v) is 6.53. The van der Waals surface area contributed by atoms with E-state index in [1.165, 1.54) is 12.1 Å². The van der Waals surface area contributed by atoms with E-state index in [0.29, 0.717) is 12.8 Å². The smallest absolute Gasteiger partial charge is 0.157 e. The summed E-state index contributed by atoms with van der Waals surface area (Å²) in [4.78, 5) is 10.0. The lowest BCUT2D eigenvalue weighted by Gasteiger charge is -2.00. The number of carbonyl (C=O) groups excluding carboxylic acids is 1. The first kappa shape index (κ1) is 8.59. The molecule has 0 aliphatic carbocycles. The van der Waals surface area contributed by atoms with Crippen LogP contribution >= 0.6 is 0 Å². The van der Waals surface area contributed by atoms with E-state index in [1.54, 1.807) is 6.07 Å². The first-order chi connectivity index (χ1) is 5.74. The summed E-state index contributed by atoms with van der Waals surface area (Å²) in [5.41, 5.74) is 0.845. The van der Waals surface area contributed by atoms with Crippen molar-refractivity contribution in [1.29, 1.82) is 0 Å². The molecule has 0 aliphatic rings. The number of rotatable bonds is 3. The van der Waals surface area contributed by atoms with Crippen LogP contribution in [0.5, 0.6) is 11.5 Å². The lowest BCUT2D eigenvalue weighted by molar-refractivity contribution is -0.107. The summed E-state index contributed by atoms with van der Waals surface area (Å²) in [5, 5.41) is 18.0. The van der Waals surface area contributed by atoms with E-state index in [9.17, 15) is 4.79 Å². The van der Waals surface area contributed by atoms with Crippen LogP contribution in [-0.4, -0.2) is 16.5 Å². The number of aromatic hydroxyl groups is 2. The predicted octanol–water partition coefficient (Wildman–Crippen LogP) is 1.23. The van der Waals surface area contributed by atoms with Gasteiger partial charge < -0.3 is 15.0 Å². The standard InChI is InChI=1S/C9H10O3/c10-5-1-2-7-3-4-8(11)9(12)6-7/h3-6,11-12H,1-2H2. The predicted molar refractivity (Wildman–Crippen MR) is 44.2 cm³/mol. The van der Waals surface area contributed by atoms with Gasteiger partial charge in [-0.05, 0) is 24.1 Å². The molecule has 0 saturated carbocycles. The second kappa shape index (κ2) is 3.76. The third-order valence-electron chi connectivity index (χ3n) is 1.59. The van der Waals surface area contributed by atoms with Crippen molar-refractivity contribution in [3.8, 4) is 11.5 Å². The Hall–Kier alpha value is -1.51. The monoisotopic (exact) mass is 166 g/mol. The van der Waals surface area contributed by atoms with E-state index >= 15 is 0 Å². The number of benzene rings is 1. The number of aryl methyl sites for hydroxylation is 1. The van der Waals surface area contributed by atoms with Gasteiger partial charge in [0.15, 0.2) is 11.5 Å². The summed E-state index contributed by atoms with van der Waals surface area (Å²) in [7, 11) is 0. The van der Waals surface area contributed by atoms with Gasteiger partial charge in [-0.3, -0.25) is 0 Å². The molecule has 0 radical (unpaired) electrons. The van der Waals surface area contributed by atoms with Crippen molar-refractivity contribution in [2.24, 2.45) is 0 Å². The highest BCUT2D eigenvalue weighted by atomic mass is 16.3. The zero-order chi connectivity index (χ0) is 8.97. The normalized spacial score (nSPS) is 9.67. The van der Waals surface area contributed by atoms with Crippen LogP contribution in [0.4, 0.5) is 0 Å². The molecule has 0 aliphatic heterocycles. The molecule has 0 heterocycles. The van der Waals surface area contributed by atoms with Crippen molar-refractivity contribution in [3.63, 3.8) is 0 Å². The summed E-state index contributed by atoms with van der Waals surface area (Å²) < 4.78 is 0. The van der Waals surface area contributed by atoms with Gasteiger partial charge in [-0.15, -0.1) is 0 Å². The third kappa shape index (κ3) is 1.99. The highest BCUT2D eigenvalue weighted by Crippen LogP contribution is 2.25. The Morgan fingerprint density at radius 3 is 2.58 bits per heavy atom. The number of hydrogen-bond acceptors (Lipinski definition) is 3. The molecule has 0 aromatic heterocycles. The molecule has 3 heteroatoms. The van der Waals surface area contributed by atoms with Gasteiger partial charge in [-0.1, -0.05) is 6.07 Å². The van der Waals surface area contributed by atoms with Crippen LogP contribution in [0.3, 0.4) is 0 Å². The van der Waals surface area contributed by atoms with Crippen LogP contribution in [0.1, 0.15) is 12.0 Å². The maximum atomic E-state index is 10.0. The SMILES string of the molecule is O=CCCc1ccc(O)c(O)c1. The summed E-state index contributed by atoms with van der Waals surface area (Å²) >= 11 is 0. The Morgan fingerprint density at radius 2 is 2.00 bits per heavy atom. The van der Waals surface area contributed by atoms with Crippen LogP contribution in [-0.2, 0) is 11.2 Å². The van der Waals surface area contributed by atoms with Gasteiger partial charge >= 0.3 is 0 Å². The Bertz CT molecular complexity index is 281. The van der Waals surface area contributed by atoms with Crippen molar-refractivity contribution in [2.75, 3.05) is 0 Å². The molecule has 0 saturated heterocycles. The van der Waals surface area contributed by atoms with Crippen molar-refractivity contribution < 1.29 is 15.0 Å². The molecular formula is C9H10O3. The van der Waals surface area contributed by atoms with E-state index < -0.39 is 0 Å². The molecule has 0 spiro atoms. The molecule has 0 amide bonds. The van der Waals surface area contributed by atoms with Crippen molar-refractivity contribution in [3.05, 3.63) is 23.8 Å². The highest BCUT2D eigenvalue weighted by molar-refractivity contribution is 5.50. The maximum Gasteiger partial charge on any atom is 0.157 e. The van der Waals surface area contributed by atoms with Crippen LogP contribution in [0.25, 0.3) is 0 Å². The Morgan fingerprint density at radius 1 is 1.25 bits per heavy atom. The fourth-order valence-corrected chi connectivity index (χ4v) is 0.950. The summed E-state index contributed by atoms with van der Waals surface area (Å²) in [6.45, 7) is 0. The summed E-state index contributed by atoms with van der Waals surface area (Å²) in [6.07, 6.45) is 1.85. The van der Waals surface area contributed by atoms with Gasteiger partial charge in [0.2, 0.25) is 0 Å². The van der Waals surface area contributed by atoms with Gasteiger partial charge in [0.25, 0.3) is 0 Å². The van der Waals surface area contributed by atoms with E-state index in [0.717, 1.165) is 11.8 Å². The van der Waals surface area contributed by atoms with Crippen LogP contribution < -0.4 is 0 Å². The highest BCUT2D eigenvalue weighted by Gasteiger charge is 1.99. The molecule has 2 N–H and O–H groups in total. The molecule has 0 atom stereocenters. The van der Waals surface area contributed by atoms with E-state index in [-0.39, 0.29) is 11.5 Å². The second-order valence-electron chi connectivity index (χ2n) is 2.53. The topological polar surface area (TPSA) is 57.5 Å². The average molecular weight is 166 g/mol. The lowest BCUT2D eigenvalue weighted by atomic mass is 10.1. The van der Waals surface area contributed by atoms with E-state index in [2.05, 4.69) is 0 Å². The van der Waals surface area contributed by atoms with Gasteiger partial charge in [0.05, 0.1) is 0 Å². The largest absolute Gasteiger partial charge is 0.504 e. The molecular weight excluding hydrogens is 156 g/mol. The van der Waals surface area contributed by atoms with Gasteiger partial charge in [-0.25, -0.2) is 0 Å². The minimum atomic E-state index is -0.140. The Labute approximate surface area is 70.3 Å². The number of phenolic OH excluding ortho intramolecular Hbond substituents is 2. The fourth-order valence-electron chi connectivity index (χ4n) is 0.950. The molecule has 0 unspecified atom stereocenters. The Balaban J connectivity index is 2.75. The molecule has 0 bridgehead atoms. The van der Waals surface area contributed by atoms with Crippen molar-refractivity contribution >= 4 is 6.29 Å². The molecule has 1 aromatic rings. The van der Waals surface area contributed by atoms with Gasteiger partial charge in [-0.2, -0.15) is 0 Å². The van der Waals surface area contributed by atoms with Gasteiger partial charge in [0, 0.05) is 6.42 Å². The number of carbonyl (C=O) groups is 1. The molecule has 12 heavy (non-hydrogen) atoms. The number of aldehydes is 1. The summed E-state index contributed by atoms with van der Waals surface area (Å²) in [5.74, 6) is -0.275. The molecule has 0 fully saturated rings. The minimum absolute atomic E-state index is 0.134. The van der Waals surface area contributed by atoms with E-state index in [1.807, 2.05) is 0 Å². The summed E-state index contributed by atoms with van der Waals surface area (Å²) in [6, 6.07) is 4.55. The Kier molecular flexibility index (Phi) is 2.69. The van der Waals surface area contributed by atoms with E-state index in [4.69, 9.17) is 10.2 Å². The molecule has 64 valence electrons. The zero-order valence-electron chi connectivity index (χ0n) is 6.53. The van der Waals surface area contributed by atoms with Crippen LogP contribution in [0.2, 0.25) is 0 Å². The van der Waals surface area contributed by atoms with Crippen LogP contribution in [0, 0.1) is 0 Å². The first-order valence-corrected chi connectivity index (χ1v) is 3.68. The van der Waals surface area contributed by atoms with Crippen molar-refractivity contribution in [2.45, 2.75) is 12.8 Å². The number of hydrogen-bond donors (Lipinski definition) is 2. The lowest BCUT2D eigenvalue weighted by Crippen LogP contribution is -1.85. The van der Waals surface area contributed by atoms with Crippen molar-refractivity contribution in [1.82, 2.24) is 0 Å². The van der Waals surface area contributed by atoms with Gasteiger partial charge in [0.1, 0.15) is 6.29 Å². The molecule has 3 nitrogen and oxygen atoms in total. The molecule has 1 aromatic carbocycles. The third-order valence-corrected chi connectivity index (χ3v) is 1.59. The maximum absolute atomic E-state index is 10.0. The second-order valence-corrected chi connectivity index (χ2v) is 2.53. The average Bonchev–Trinajstić information content (AvgIpc) is 2.07.